The standard InChI is InChI=1S/C16H17ClN4O2/c1-11(22)18-13-4-2-12(3-5-13)14-10-15(17)20-16(19-14)21-6-8-23-9-7-21/h2-5,10H,6-9H2,1H3,(H,18,22). The van der Waals surface area contributed by atoms with Gasteiger partial charge in [-0.1, -0.05) is 23.7 Å². The Morgan fingerprint density at radius 1 is 1.22 bits per heavy atom. The zero-order valence-corrected chi connectivity index (χ0v) is 13.5. The minimum Gasteiger partial charge on any atom is -0.378 e. The van der Waals surface area contributed by atoms with Crippen molar-refractivity contribution in [3.05, 3.63) is 35.5 Å². The number of ether oxygens (including phenoxy) is 1. The van der Waals surface area contributed by atoms with Gasteiger partial charge in [-0.25, -0.2) is 9.97 Å². The Bertz CT molecular complexity index is 700. The number of anilines is 2. The van der Waals surface area contributed by atoms with Gasteiger partial charge in [-0.3, -0.25) is 4.79 Å². The van der Waals surface area contributed by atoms with E-state index in [9.17, 15) is 4.79 Å². The Kier molecular flexibility index (Phi) is 4.73. The Morgan fingerprint density at radius 2 is 1.91 bits per heavy atom. The Labute approximate surface area is 139 Å². The summed E-state index contributed by atoms with van der Waals surface area (Å²) in [5.41, 5.74) is 2.41. The summed E-state index contributed by atoms with van der Waals surface area (Å²) >= 11 is 6.15. The highest BCUT2D eigenvalue weighted by atomic mass is 35.5. The van der Waals surface area contributed by atoms with Crippen LogP contribution in [0.25, 0.3) is 11.3 Å². The first-order chi connectivity index (χ1) is 11.1. The lowest BCUT2D eigenvalue weighted by atomic mass is 10.1. The molecule has 2 aromatic rings. The van der Waals surface area contributed by atoms with Gasteiger partial charge in [0.25, 0.3) is 0 Å². The van der Waals surface area contributed by atoms with E-state index in [1.165, 1.54) is 6.92 Å². The van der Waals surface area contributed by atoms with E-state index in [-0.39, 0.29) is 5.91 Å². The summed E-state index contributed by atoms with van der Waals surface area (Å²) in [4.78, 5) is 22.0. The van der Waals surface area contributed by atoms with Crippen molar-refractivity contribution in [1.29, 1.82) is 0 Å². The van der Waals surface area contributed by atoms with Gasteiger partial charge in [0, 0.05) is 37.3 Å². The van der Waals surface area contributed by atoms with Gasteiger partial charge in [-0.15, -0.1) is 0 Å². The van der Waals surface area contributed by atoms with Crippen LogP contribution in [-0.2, 0) is 9.53 Å². The van der Waals surface area contributed by atoms with Crippen LogP contribution in [0.3, 0.4) is 0 Å². The van der Waals surface area contributed by atoms with Gasteiger partial charge in [0.15, 0.2) is 0 Å². The maximum absolute atomic E-state index is 11.1. The van der Waals surface area contributed by atoms with Gasteiger partial charge < -0.3 is 15.0 Å². The molecule has 1 N–H and O–H groups in total. The zero-order chi connectivity index (χ0) is 16.2. The molecule has 1 saturated heterocycles. The summed E-state index contributed by atoms with van der Waals surface area (Å²) in [5, 5.41) is 3.14. The molecule has 1 amide bonds. The van der Waals surface area contributed by atoms with E-state index in [4.69, 9.17) is 16.3 Å². The molecule has 1 aliphatic rings. The van der Waals surface area contributed by atoms with E-state index < -0.39 is 0 Å². The summed E-state index contributed by atoms with van der Waals surface area (Å²) in [6.07, 6.45) is 0. The smallest absolute Gasteiger partial charge is 0.227 e. The van der Waals surface area contributed by atoms with Gasteiger partial charge in [0.1, 0.15) is 5.15 Å². The molecule has 1 fully saturated rings. The second kappa shape index (κ2) is 6.93. The number of rotatable bonds is 3. The molecular weight excluding hydrogens is 316 g/mol. The van der Waals surface area contributed by atoms with Gasteiger partial charge in [-0.2, -0.15) is 0 Å². The van der Waals surface area contributed by atoms with Crippen LogP contribution in [0.15, 0.2) is 30.3 Å². The van der Waals surface area contributed by atoms with Crippen molar-refractivity contribution in [2.75, 3.05) is 36.5 Å². The first-order valence-electron chi connectivity index (χ1n) is 7.37. The van der Waals surface area contributed by atoms with E-state index in [2.05, 4.69) is 20.2 Å². The number of carbonyl (C=O) groups is 1. The van der Waals surface area contributed by atoms with Crippen LogP contribution in [0.5, 0.6) is 0 Å². The van der Waals surface area contributed by atoms with Gasteiger partial charge >= 0.3 is 0 Å². The second-order valence-electron chi connectivity index (χ2n) is 5.23. The molecule has 23 heavy (non-hydrogen) atoms. The maximum atomic E-state index is 11.1. The maximum Gasteiger partial charge on any atom is 0.227 e. The third kappa shape index (κ3) is 3.97. The number of halogens is 1. The molecule has 0 atom stereocenters. The fourth-order valence-electron chi connectivity index (χ4n) is 2.39. The minimum atomic E-state index is -0.0996. The number of aromatic nitrogens is 2. The number of amides is 1. The molecule has 0 radical (unpaired) electrons. The molecule has 120 valence electrons. The highest BCUT2D eigenvalue weighted by Gasteiger charge is 2.15. The number of carbonyl (C=O) groups excluding carboxylic acids is 1. The predicted octanol–water partition coefficient (Wildman–Crippen LogP) is 2.59. The van der Waals surface area contributed by atoms with Crippen molar-refractivity contribution in [2.24, 2.45) is 0 Å². The molecular formula is C16H17ClN4O2. The summed E-state index contributed by atoms with van der Waals surface area (Å²) in [6.45, 7) is 4.31. The van der Waals surface area contributed by atoms with Crippen molar-refractivity contribution in [3.8, 4) is 11.3 Å². The van der Waals surface area contributed by atoms with Crippen molar-refractivity contribution in [1.82, 2.24) is 9.97 Å². The number of nitrogens with zero attached hydrogens (tertiary/aromatic N) is 3. The lowest BCUT2D eigenvalue weighted by molar-refractivity contribution is -0.114. The van der Waals surface area contributed by atoms with Crippen molar-refractivity contribution in [3.63, 3.8) is 0 Å². The van der Waals surface area contributed by atoms with Crippen molar-refractivity contribution in [2.45, 2.75) is 6.92 Å². The van der Waals surface area contributed by atoms with Crippen LogP contribution in [0, 0.1) is 0 Å². The normalized spacial score (nSPS) is 14.6. The summed E-state index contributed by atoms with van der Waals surface area (Å²) in [7, 11) is 0. The molecule has 1 aliphatic heterocycles. The molecule has 1 aromatic carbocycles. The van der Waals surface area contributed by atoms with Gasteiger partial charge in [0.05, 0.1) is 18.9 Å². The fourth-order valence-corrected chi connectivity index (χ4v) is 2.56. The minimum absolute atomic E-state index is 0.0996. The molecule has 7 heteroatoms. The van der Waals surface area contributed by atoms with Crippen LogP contribution in [0.4, 0.5) is 11.6 Å². The SMILES string of the molecule is CC(=O)Nc1ccc(-c2cc(Cl)nc(N3CCOCC3)n2)cc1. The number of nitrogens with one attached hydrogen (secondary N) is 1. The summed E-state index contributed by atoms with van der Waals surface area (Å²) < 4.78 is 5.35. The molecule has 0 unspecified atom stereocenters. The average molecular weight is 333 g/mol. The topological polar surface area (TPSA) is 67.4 Å². The monoisotopic (exact) mass is 332 g/mol. The number of benzene rings is 1. The van der Waals surface area contributed by atoms with Crippen molar-refractivity contribution >= 4 is 29.1 Å². The third-order valence-electron chi connectivity index (χ3n) is 3.48. The second-order valence-corrected chi connectivity index (χ2v) is 5.62. The number of hydrogen-bond donors (Lipinski definition) is 1. The highest BCUT2D eigenvalue weighted by molar-refractivity contribution is 6.29. The van der Waals surface area contributed by atoms with Crippen LogP contribution < -0.4 is 10.2 Å². The Balaban J connectivity index is 1.87. The third-order valence-corrected chi connectivity index (χ3v) is 3.67. The number of hydrogen-bond acceptors (Lipinski definition) is 5. The molecule has 0 saturated carbocycles. The van der Waals surface area contributed by atoms with E-state index in [0.717, 1.165) is 30.0 Å². The van der Waals surface area contributed by atoms with Crippen LogP contribution in [-0.4, -0.2) is 42.2 Å². The number of morpholine rings is 1. The molecule has 0 aliphatic carbocycles. The van der Waals surface area contributed by atoms with Gasteiger partial charge in [0.2, 0.25) is 11.9 Å². The first-order valence-corrected chi connectivity index (χ1v) is 7.75. The summed E-state index contributed by atoms with van der Waals surface area (Å²) in [5.74, 6) is 0.513. The van der Waals surface area contributed by atoms with Gasteiger partial charge in [-0.05, 0) is 12.1 Å². The Morgan fingerprint density at radius 3 is 2.57 bits per heavy atom. The van der Waals surface area contributed by atoms with E-state index >= 15 is 0 Å². The lowest BCUT2D eigenvalue weighted by Gasteiger charge is -2.27. The predicted molar refractivity (Wildman–Crippen MR) is 89.8 cm³/mol. The highest BCUT2D eigenvalue weighted by Crippen LogP contribution is 2.24. The zero-order valence-electron chi connectivity index (χ0n) is 12.8. The fraction of sp³-hybridized carbons (Fsp3) is 0.312. The van der Waals surface area contributed by atoms with Crippen LogP contribution in [0.1, 0.15) is 6.92 Å². The Hall–Kier alpha value is -2.18. The van der Waals surface area contributed by atoms with E-state index in [1.807, 2.05) is 24.3 Å². The molecule has 3 rings (SSSR count). The summed E-state index contributed by atoms with van der Waals surface area (Å²) in [6, 6.07) is 9.20. The lowest BCUT2D eigenvalue weighted by Crippen LogP contribution is -2.37. The van der Waals surface area contributed by atoms with Crippen molar-refractivity contribution < 1.29 is 9.53 Å². The largest absolute Gasteiger partial charge is 0.378 e. The molecule has 6 nitrogen and oxygen atoms in total. The molecule has 1 aromatic heterocycles. The molecule has 0 bridgehead atoms. The molecule has 2 heterocycles. The van der Waals surface area contributed by atoms with E-state index in [1.54, 1.807) is 6.07 Å². The average Bonchev–Trinajstić information content (AvgIpc) is 2.55. The van der Waals surface area contributed by atoms with E-state index in [0.29, 0.717) is 24.3 Å². The van der Waals surface area contributed by atoms with Crippen LogP contribution >= 0.6 is 11.6 Å². The molecule has 0 spiro atoms. The van der Waals surface area contributed by atoms with Crippen LogP contribution in [0.2, 0.25) is 5.15 Å². The first kappa shape index (κ1) is 15.7. The quantitative estimate of drug-likeness (QED) is 0.875.